The Morgan fingerprint density at radius 3 is 1.42 bits per heavy atom. The monoisotopic (exact) mass is 197 g/mol. The fraction of sp³-hybridized carbons (Fsp3) is 1.00. The highest BCUT2D eigenvalue weighted by atomic mass is 35.5. The van der Waals surface area contributed by atoms with Crippen LogP contribution in [0.25, 0.3) is 0 Å². The van der Waals surface area contributed by atoms with Crippen molar-refractivity contribution in [3.05, 3.63) is 0 Å². The first-order valence-electron chi connectivity index (χ1n) is 4.01. The molecule has 2 unspecified atom stereocenters. The van der Waals surface area contributed by atoms with Gasteiger partial charge in [-0.2, -0.15) is 0 Å². The fourth-order valence-electron chi connectivity index (χ4n) is 0.855. The Labute approximate surface area is 81.0 Å². The van der Waals surface area contributed by atoms with E-state index in [9.17, 15) is 0 Å². The van der Waals surface area contributed by atoms with E-state index in [1.165, 1.54) is 0 Å². The van der Waals surface area contributed by atoms with Crippen molar-refractivity contribution in [2.45, 2.75) is 25.9 Å². The molecule has 76 valence electrons. The van der Waals surface area contributed by atoms with Crippen LogP contribution in [0.2, 0.25) is 0 Å². The summed E-state index contributed by atoms with van der Waals surface area (Å²) in [4.78, 5) is 0. The van der Waals surface area contributed by atoms with E-state index in [0.29, 0.717) is 4.48 Å². The molecule has 0 bridgehead atoms. The van der Waals surface area contributed by atoms with Gasteiger partial charge in [0.2, 0.25) is 0 Å². The van der Waals surface area contributed by atoms with Crippen molar-refractivity contribution in [1.29, 1.82) is 0 Å². The summed E-state index contributed by atoms with van der Waals surface area (Å²) in [5, 5.41) is 17.8. The third-order valence-corrected chi connectivity index (χ3v) is 2.80. The van der Waals surface area contributed by atoms with Crippen LogP contribution in [0.1, 0.15) is 13.8 Å². The van der Waals surface area contributed by atoms with Crippen LogP contribution in [-0.2, 0) is 0 Å². The molecule has 0 saturated carbocycles. The van der Waals surface area contributed by atoms with Crippen LogP contribution in [0.15, 0.2) is 0 Å². The third kappa shape index (κ3) is 3.27. The predicted octanol–water partition coefficient (Wildman–Crippen LogP) is -3.17. The number of hydrogen-bond donors (Lipinski definition) is 2. The van der Waals surface area contributed by atoms with Crippen molar-refractivity contribution in [2.75, 3.05) is 27.3 Å². The van der Waals surface area contributed by atoms with Crippen LogP contribution >= 0.6 is 0 Å². The van der Waals surface area contributed by atoms with Crippen molar-refractivity contribution < 1.29 is 27.1 Å². The number of nitrogens with zero attached hydrogens (tertiary/aromatic N) is 1. The van der Waals surface area contributed by atoms with E-state index in [1.54, 1.807) is 0 Å². The summed E-state index contributed by atoms with van der Waals surface area (Å²) in [5.74, 6) is 0. The normalized spacial score (nSPS) is 16.5. The number of aliphatic hydroxyl groups is 2. The van der Waals surface area contributed by atoms with Gasteiger partial charge >= 0.3 is 0 Å². The molecule has 3 nitrogen and oxygen atoms in total. The van der Waals surface area contributed by atoms with Gasteiger partial charge in [-0.3, -0.25) is 0 Å². The molecule has 0 fully saturated rings. The van der Waals surface area contributed by atoms with Crippen LogP contribution in [0.3, 0.4) is 0 Å². The molecule has 0 radical (unpaired) electrons. The van der Waals surface area contributed by atoms with Crippen molar-refractivity contribution in [2.24, 2.45) is 0 Å². The fourth-order valence-corrected chi connectivity index (χ4v) is 0.855. The smallest absolute Gasteiger partial charge is 0.109 e. The van der Waals surface area contributed by atoms with Gasteiger partial charge in [-0.05, 0) is 13.8 Å². The lowest BCUT2D eigenvalue weighted by atomic mass is 10.2. The van der Waals surface area contributed by atoms with Gasteiger partial charge in [-0.25, -0.2) is 0 Å². The Kier molecular flexibility index (Phi) is 7.04. The molecule has 2 atom stereocenters. The molecular weight excluding hydrogens is 178 g/mol. The minimum absolute atomic E-state index is 0. The Bertz CT molecular complexity index is 108. The number of rotatable bonds is 4. The molecule has 12 heavy (non-hydrogen) atoms. The number of quaternary nitrogens is 1. The van der Waals surface area contributed by atoms with Crippen LogP contribution in [0.4, 0.5) is 0 Å². The molecule has 0 amide bonds. The van der Waals surface area contributed by atoms with Crippen LogP contribution < -0.4 is 12.4 Å². The molecule has 0 aromatic carbocycles. The Morgan fingerprint density at radius 1 is 1.00 bits per heavy atom. The third-order valence-electron chi connectivity index (χ3n) is 2.80. The Morgan fingerprint density at radius 2 is 1.25 bits per heavy atom. The number of likely N-dealkylation sites (N-methyl/N-ethyl adjacent to an activating group) is 1. The highest BCUT2D eigenvalue weighted by molar-refractivity contribution is 4.53. The second kappa shape index (κ2) is 5.75. The average molecular weight is 198 g/mol. The van der Waals surface area contributed by atoms with Crippen LogP contribution in [0.5, 0.6) is 0 Å². The minimum Gasteiger partial charge on any atom is -1.00 e. The van der Waals surface area contributed by atoms with Gasteiger partial charge in [0.1, 0.15) is 12.1 Å². The van der Waals surface area contributed by atoms with E-state index in [-0.39, 0.29) is 37.7 Å². The lowest BCUT2D eigenvalue weighted by Crippen LogP contribution is -3.00. The first-order chi connectivity index (χ1) is 4.96. The highest BCUT2D eigenvalue weighted by Gasteiger charge is 2.28. The summed E-state index contributed by atoms with van der Waals surface area (Å²) in [6, 6.07) is 0.356. The average Bonchev–Trinajstić information content (AvgIpc) is 2.01. The van der Waals surface area contributed by atoms with Gasteiger partial charge in [-0.15, -0.1) is 0 Å². The lowest BCUT2D eigenvalue weighted by molar-refractivity contribution is -0.935. The summed E-state index contributed by atoms with van der Waals surface area (Å²) in [6.07, 6.45) is 0. The molecule has 0 heterocycles. The molecule has 4 heteroatoms. The van der Waals surface area contributed by atoms with E-state index >= 15 is 0 Å². The zero-order valence-corrected chi connectivity index (χ0v) is 9.04. The predicted molar refractivity (Wildman–Crippen MR) is 45.2 cm³/mol. The largest absolute Gasteiger partial charge is 1.00 e. The van der Waals surface area contributed by atoms with Gasteiger partial charge in [-0.1, -0.05) is 0 Å². The second-order valence-electron chi connectivity index (χ2n) is 3.69. The van der Waals surface area contributed by atoms with Gasteiger partial charge in [0.25, 0.3) is 0 Å². The molecule has 0 aliphatic rings. The molecule has 0 aliphatic carbocycles. The molecule has 0 saturated heterocycles. The second-order valence-corrected chi connectivity index (χ2v) is 3.69. The molecule has 0 aliphatic heterocycles. The first-order valence-corrected chi connectivity index (χ1v) is 4.01. The molecule has 2 N–H and O–H groups in total. The maximum atomic E-state index is 8.92. The zero-order chi connectivity index (χ0) is 9.07. The van der Waals surface area contributed by atoms with Crippen LogP contribution in [-0.4, -0.2) is 54.1 Å². The van der Waals surface area contributed by atoms with E-state index in [1.807, 2.05) is 27.9 Å². The standard InChI is InChI=1S/C8H20NO2.ClH/c1-7(5-10)9(3,4)8(2)6-11;/h7-8,10-11H,5-6H2,1-4H3;1H/q+1;/p-1. The van der Waals surface area contributed by atoms with E-state index in [0.717, 1.165) is 0 Å². The number of halogens is 1. The summed E-state index contributed by atoms with van der Waals surface area (Å²) < 4.78 is 0.660. The van der Waals surface area contributed by atoms with E-state index < -0.39 is 0 Å². The van der Waals surface area contributed by atoms with Crippen LogP contribution in [0, 0.1) is 0 Å². The zero-order valence-electron chi connectivity index (χ0n) is 8.29. The Hall–Kier alpha value is 0.170. The van der Waals surface area contributed by atoms with E-state index in [2.05, 4.69) is 0 Å². The number of hydrogen-bond acceptors (Lipinski definition) is 2. The molecule has 0 aromatic rings. The van der Waals surface area contributed by atoms with Gasteiger partial charge < -0.3 is 27.1 Å². The van der Waals surface area contributed by atoms with Crippen molar-refractivity contribution >= 4 is 0 Å². The van der Waals surface area contributed by atoms with Gasteiger partial charge in [0.15, 0.2) is 0 Å². The molecular formula is C8H20ClNO2. The lowest BCUT2D eigenvalue weighted by Gasteiger charge is -2.39. The van der Waals surface area contributed by atoms with Crippen molar-refractivity contribution in [3.63, 3.8) is 0 Å². The number of aliphatic hydroxyl groups excluding tert-OH is 2. The van der Waals surface area contributed by atoms with Crippen molar-refractivity contribution in [1.82, 2.24) is 0 Å². The van der Waals surface area contributed by atoms with Gasteiger partial charge in [0, 0.05) is 0 Å². The summed E-state index contributed by atoms with van der Waals surface area (Å²) in [6.45, 7) is 4.28. The highest BCUT2D eigenvalue weighted by Crippen LogP contribution is 2.11. The van der Waals surface area contributed by atoms with E-state index in [4.69, 9.17) is 10.2 Å². The molecule has 0 aromatic heterocycles. The SMILES string of the molecule is CC(CO)[N+](C)(C)C(C)CO.[Cl-]. The maximum Gasteiger partial charge on any atom is 0.109 e. The Balaban J connectivity index is 0. The minimum atomic E-state index is 0. The topological polar surface area (TPSA) is 40.5 Å². The molecule has 0 rings (SSSR count). The molecule has 0 spiro atoms. The summed E-state index contributed by atoms with van der Waals surface area (Å²) in [5.41, 5.74) is 0. The van der Waals surface area contributed by atoms with Crippen molar-refractivity contribution in [3.8, 4) is 0 Å². The quantitative estimate of drug-likeness (QED) is 0.467. The summed E-state index contributed by atoms with van der Waals surface area (Å²) in [7, 11) is 4.03. The summed E-state index contributed by atoms with van der Waals surface area (Å²) >= 11 is 0. The first kappa shape index (κ1) is 14.7. The van der Waals surface area contributed by atoms with Gasteiger partial charge in [0.05, 0.1) is 27.3 Å². The maximum absolute atomic E-state index is 8.92.